The third-order valence-corrected chi connectivity index (χ3v) is 5.40. The Morgan fingerprint density at radius 3 is 2.00 bits per heavy atom. The summed E-state index contributed by atoms with van der Waals surface area (Å²) in [7, 11) is -4.23. The van der Waals surface area contributed by atoms with Gasteiger partial charge < -0.3 is 10.2 Å². The minimum absolute atomic E-state index is 0.202. The van der Waals surface area contributed by atoms with Gasteiger partial charge in [-0.3, -0.25) is 9.59 Å². The van der Waals surface area contributed by atoms with E-state index in [2.05, 4.69) is 31.9 Å². The van der Waals surface area contributed by atoms with E-state index in [0.717, 1.165) is 0 Å². The Hall–Kier alpha value is -0.970. The zero-order valence-electron chi connectivity index (χ0n) is 9.79. The molecule has 0 amide bonds. The largest absolute Gasteiger partial charge is 0.480 e. The monoisotopic (exact) mass is 429 g/mol. The molecule has 0 saturated heterocycles. The fourth-order valence-electron chi connectivity index (χ4n) is 1.35. The highest BCUT2D eigenvalue weighted by molar-refractivity contribution is 9.11. The van der Waals surface area contributed by atoms with E-state index < -0.39 is 35.1 Å². The second-order valence-corrected chi connectivity index (χ2v) is 7.31. The third-order valence-electron chi connectivity index (χ3n) is 2.13. The normalized spacial score (nSPS) is 11.6. The van der Waals surface area contributed by atoms with E-state index in [1.807, 2.05) is 0 Å². The Kier molecular flexibility index (Phi) is 5.68. The molecule has 7 nitrogen and oxygen atoms in total. The first-order valence-corrected chi connectivity index (χ1v) is 8.06. The SMILES string of the molecule is O=C(O)CN(CC(=O)O)S(=O)(=O)c1ccc(Br)cc1Br. The number of nitrogens with zero attached hydrogens (tertiary/aromatic N) is 1. The molecule has 0 aromatic heterocycles. The Morgan fingerprint density at radius 2 is 1.60 bits per heavy atom. The number of sulfonamides is 1. The number of carboxylic acids is 2. The summed E-state index contributed by atoms with van der Waals surface area (Å²) in [6, 6.07) is 4.17. The van der Waals surface area contributed by atoms with Gasteiger partial charge in [0.2, 0.25) is 10.0 Å². The summed E-state index contributed by atoms with van der Waals surface area (Å²) in [6.07, 6.45) is 0. The molecule has 0 bridgehead atoms. The van der Waals surface area contributed by atoms with Gasteiger partial charge in [0.1, 0.15) is 13.1 Å². The molecule has 1 aromatic carbocycles. The zero-order valence-corrected chi connectivity index (χ0v) is 13.8. The van der Waals surface area contributed by atoms with Crippen molar-refractivity contribution in [3.63, 3.8) is 0 Å². The summed E-state index contributed by atoms with van der Waals surface area (Å²) in [5, 5.41) is 17.4. The number of carboxylic acid groups (broad SMARTS) is 2. The smallest absolute Gasteiger partial charge is 0.318 e. The fourth-order valence-corrected chi connectivity index (χ4v) is 4.40. The summed E-state index contributed by atoms with van der Waals surface area (Å²) in [4.78, 5) is 21.2. The highest BCUT2D eigenvalue weighted by Gasteiger charge is 2.30. The van der Waals surface area contributed by atoms with Crippen LogP contribution in [0.4, 0.5) is 0 Å². The van der Waals surface area contributed by atoms with E-state index in [9.17, 15) is 18.0 Å². The number of hydrogen-bond acceptors (Lipinski definition) is 4. The van der Waals surface area contributed by atoms with Crippen molar-refractivity contribution in [3.05, 3.63) is 27.1 Å². The fraction of sp³-hybridized carbons (Fsp3) is 0.200. The highest BCUT2D eigenvalue weighted by atomic mass is 79.9. The molecule has 110 valence electrons. The second kappa shape index (κ2) is 6.66. The molecule has 0 radical (unpaired) electrons. The minimum Gasteiger partial charge on any atom is -0.480 e. The maximum absolute atomic E-state index is 12.3. The molecule has 1 aromatic rings. The number of carbonyl (C=O) groups is 2. The van der Waals surface area contributed by atoms with Crippen LogP contribution in [0.15, 0.2) is 32.0 Å². The van der Waals surface area contributed by atoms with Crippen LogP contribution in [0, 0.1) is 0 Å². The van der Waals surface area contributed by atoms with E-state index in [1.54, 1.807) is 0 Å². The summed E-state index contributed by atoms with van der Waals surface area (Å²) in [6.45, 7) is -1.87. The lowest BCUT2D eigenvalue weighted by Gasteiger charge is -2.19. The predicted molar refractivity (Wildman–Crippen MR) is 75.9 cm³/mol. The number of halogens is 2. The molecule has 0 saturated carbocycles. The molecule has 0 heterocycles. The second-order valence-electron chi connectivity index (χ2n) is 3.64. The van der Waals surface area contributed by atoms with Crippen molar-refractivity contribution in [2.24, 2.45) is 0 Å². The molecule has 0 fully saturated rings. The molecular weight excluding hydrogens is 422 g/mol. The van der Waals surface area contributed by atoms with Gasteiger partial charge >= 0.3 is 11.9 Å². The van der Waals surface area contributed by atoms with Crippen LogP contribution in [0.25, 0.3) is 0 Å². The summed E-state index contributed by atoms with van der Waals surface area (Å²) in [5.41, 5.74) is 0. The maximum Gasteiger partial charge on any atom is 0.318 e. The van der Waals surface area contributed by atoms with Crippen LogP contribution in [0.5, 0.6) is 0 Å². The van der Waals surface area contributed by atoms with Crippen molar-refractivity contribution in [3.8, 4) is 0 Å². The van der Waals surface area contributed by atoms with E-state index in [1.165, 1.54) is 18.2 Å². The topological polar surface area (TPSA) is 112 Å². The summed E-state index contributed by atoms with van der Waals surface area (Å²) >= 11 is 6.21. The van der Waals surface area contributed by atoms with Gasteiger partial charge in [0.15, 0.2) is 0 Å². The molecule has 2 N–H and O–H groups in total. The molecule has 0 aliphatic carbocycles. The number of hydrogen-bond donors (Lipinski definition) is 2. The molecule has 20 heavy (non-hydrogen) atoms. The molecule has 0 aliphatic rings. The van der Waals surface area contributed by atoms with E-state index in [4.69, 9.17) is 10.2 Å². The standard InChI is InChI=1S/C10H9Br2NO6S/c11-6-1-2-8(7(12)3-6)20(18,19)13(4-9(14)15)5-10(16)17/h1-3H,4-5H2,(H,14,15)(H,16,17). The van der Waals surface area contributed by atoms with Crippen molar-refractivity contribution in [2.45, 2.75) is 4.90 Å². The maximum atomic E-state index is 12.3. The van der Waals surface area contributed by atoms with Gasteiger partial charge in [-0.15, -0.1) is 0 Å². The highest BCUT2D eigenvalue weighted by Crippen LogP contribution is 2.28. The first kappa shape index (κ1) is 17.1. The van der Waals surface area contributed by atoms with Crippen LogP contribution in [-0.2, 0) is 19.6 Å². The average Bonchev–Trinajstić information content (AvgIpc) is 2.26. The van der Waals surface area contributed by atoms with Crippen molar-refractivity contribution < 1.29 is 28.2 Å². The summed E-state index contributed by atoms with van der Waals surface area (Å²) < 4.78 is 25.8. The third kappa shape index (κ3) is 4.27. The van der Waals surface area contributed by atoms with Crippen LogP contribution >= 0.6 is 31.9 Å². The Bertz CT molecular complexity index is 629. The van der Waals surface area contributed by atoms with Crippen molar-refractivity contribution in [2.75, 3.05) is 13.1 Å². The van der Waals surface area contributed by atoms with Gasteiger partial charge in [0, 0.05) is 8.95 Å². The van der Waals surface area contributed by atoms with Gasteiger partial charge in [0.25, 0.3) is 0 Å². The van der Waals surface area contributed by atoms with Crippen molar-refractivity contribution in [1.82, 2.24) is 4.31 Å². The van der Waals surface area contributed by atoms with Gasteiger partial charge in [-0.1, -0.05) is 15.9 Å². The van der Waals surface area contributed by atoms with Crippen LogP contribution in [-0.4, -0.2) is 48.0 Å². The lowest BCUT2D eigenvalue weighted by Crippen LogP contribution is -2.39. The molecule has 0 unspecified atom stereocenters. The molecule has 0 atom stereocenters. The molecule has 10 heteroatoms. The lowest BCUT2D eigenvalue weighted by molar-refractivity contribution is -0.139. The van der Waals surface area contributed by atoms with Gasteiger partial charge in [-0.25, -0.2) is 8.42 Å². The van der Waals surface area contributed by atoms with Crippen molar-refractivity contribution >= 4 is 53.8 Å². The van der Waals surface area contributed by atoms with Crippen LogP contribution in [0.3, 0.4) is 0 Å². The Labute approximate surface area is 131 Å². The Balaban J connectivity index is 3.28. The predicted octanol–water partition coefficient (Wildman–Crippen LogP) is 1.37. The first-order valence-electron chi connectivity index (χ1n) is 5.03. The first-order chi connectivity index (χ1) is 9.14. The van der Waals surface area contributed by atoms with E-state index in [0.29, 0.717) is 8.78 Å². The average molecular weight is 431 g/mol. The minimum atomic E-state index is -4.23. The molecular formula is C10H9Br2NO6S. The van der Waals surface area contributed by atoms with Crippen LogP contribution in [0.2, 0.25) is 0 Å². The number of rotatable bonds is 6. The van der Waals surface area contributed by atoms with Crippen molar-refractivity contribution in [1.29, 1.82) is 0 Å². The van der Waals surface area contributed by atoms with Gasteiger partial charge in [0.05, 0.1) is 4.90 Å². The zero-order chi connectivity index (χ0) is 15.5. The van der Waals surface area contributed by atoms with E-state index >= 15 is 0 Å². The van der Waals surface area contributed by atoms with Crippen LogP contribution in [0.1, 0.15) is 0 Å². The van der Waals surface area contributed by atoms with Gasteiger partial charge in [-0.2, -0.15) is 4.31 Å². The van der Waals surface area contributed by atoms with Crippen LogP contribution < -0.4 is 0 Å². The molecule has 0 aliphatic heterocycles. The molecule has 0 spiro atoms. The quantitative estimate of drug-likeness (QED) is 0.704. The van der Waals surface area contributed by atoms with Gasteiger partial charge in [-0.05, 0) is 34.1 Å². The number of benzene rings is 1. The Morgan fingerprint density at radius 1 is 1.10 bits per heavy atom. The molecule has 1 rings (SSSR count). The summed E-state index contributed by atoms with van der Waals surface area (Å²) in [5.74, 6) is -2.88. The van der Waals surface area contributed by atoms with E-state index in [-0.39, 0.29) is 9.37 Å². The number of aliphatic carboxylic acids is 2. The lowest BCUT2D eigenvalue weighted by atomic mass is 10.4.